The highest BCUT2D eigenvalue weighted by Gasteiger charge is 2.38. The van der Waals surface area contributed by atoms with Gasteiger partial charge in [-0.3, -0.25) is 24.7 Å². The number of aryl methyl sites for hydroxylation is 1. The monoisotopic (exact) mass is 641 g/mol. The molecule has 0 unspecified atom stereocenters. The van der Waals surface area contributed by atoms with Gasteiger partial charge in [0.2, 0.25) is 5.91 Å². The van der Waals surface area contributed by atoms with Crippen LogP contribution in [0.25, 0.3) is 0 Å². The van der Waals surface area contributed by atoms with Crippen molar-refractivity contribution in [1.29, 1.82) is 5.41 Å². The van der Waals surface area contributed by atoms with E-state index in [9.17, 15) is 32.7 Å². The van der Waals surface area contributed by atoms with Gasteiger partial charge in [-0.25, -0.2) is 4.79 Å². The van der Waals surface area contributed by atoms with Crippen molar-refractivity contribution >= 4 is 35.4 Å². The number of nitrogens with zero attached hydrogens (tertiary/aromatic N) is 2. The molecular weight excluding hydrogens is 607 g/mol. The Labute approximate surface area is 262 Å². The van der Waals surface area contributed by atoms with Gasteiger partial charge >= 0.3 is 18.1 Å². The largest absolute Gasteiger partial charge is 0.490 e. The van der Waals surface area contributed by atoms with Gasteiger partial charge in [0, 0.05) is 13.1 Å². The van der Waals surface area contributed by atoms with Crippen molar-refractivity contribution in [3.8, 4) is 0 Å². The Morgan fingerprint density at radius 3 is 2.00 bits per heavy atom. The zero-order chi connectivity index (χ0) is 33.9. The number of aliphatic carboxylic acids is 2. The van der Waals surface area contributed by atoms with Crippen molar-refractivity contribution in [2.24, 2.45) is 5.73 Å². The van der Waals surface area contributed by atoms with Crippen LogP contribution in [0, 0.1) is 5.41 Å². The maximum atomic E-state index is 13.9. The number of carboxylic acid groups (broad SMARTS) is 2. The predicted molar refractivity (Wildman–Crippen MR) is 163 cm³/mol. The second-order valence-electron chi connectivity index (χ2n) is 10.3. The van der Waals surface area contributed by atoms with Crippen LogP contribution in [0.15, 0.2) is 78.9 Å². The summed E-state index contributed by atoms with van der Waals surface area (Å²) in [6.07, 6.45) is -3.03. The maximum Gasteiger partial charge on any atom is 0.490 e. The Morgan fingerprint density at radius 1 is 0.935 bits per heavy atom. The Morgan fingerprint density at radius 2 is 1.50 bits per heavy atom. The lowest BCUT2D eigenvalue weighted by Gasteiger charge is -2.33. The lowest BCUT2D eigenvalue weighted by Crippen LogP contribution is -2.42. The van der Waals surface area contributed by atoms with Gasteiger partial charge < -0.3 is 26.2 Å². The Hall–Kier alpha value is -5.40. The molecule has 0 atom stereocenters. The molecule has 46 heavy (non-hydrogen) atoms. The van der Waals surface area contributed by atoms with Crippen molar-refractivity contribution in [3.63, 3.8) is 0 Å². The van der Waals surface area contributed by atoms with Gasteiger partial charge in [0.15, 0.2) is 5.96 Å². The molecule has 0 aliphatic carbocycles. The van der Waals surface area contributed by atoms with Gasteiger partial charge in [-0.1, -0.05) is 66.7 Å². The number of fused-ring (bicyclic) bond motifs is 1. The van der Waals surface area contributed by atoms with E-state index >= 15 is 0 Å². The van der Waals surface area contributed by atoms with Crippen LogP contribution in [-0.4, -0.2) is 70.6 Å². The predicted octanol–water partition coefficient (Wildman–Crippen LogP) is 4.18. The van der Waals surface area contributed by atoms with E-state index in [0.717, 1.165) is 29.5 Å². The first-order valence-corrected chi connectivity index (χ1v) is 14.2. The van der Waals surface area contributed by atoms with E-state index in [4.69, 9.17) is 21.0 Å². The molecule has 0 saturated carbocycles. The van der Waals surface area contributed by atoms with Crippen LogP contribution in [-0.2, 0) is 20.8 Å². The number of benzene rings is 3. The molecule has 0 aromatic heterocycles. The number of nitrogens with one attached hydrogen (secondary N) is 2. The number of carboxylic acids is 2. The number of alkyl halides is 3. The summed E-state index contributed by atoms with van der Waals surface area (Å²) in [6.45, 7) is 0.304. The molecule has 3 aromatic rings. The number of hydrogen-bond donors (Lipinski definition) is 5. The van der Waals surface area contributed by atoms with Crippen LogP contribution in [0.3, 0.4) is 0 Å². The number of rotatable bonds is 11. The van der Waals surface area contributed by atoms with Crippen LogP contribution in [0.2, 0.25) is 0 Å². The third-order valence-electron chi connectivity index (χ3n) is 6.97. The first-order valence-electron chi connectivity index (χ1n) is 14.2. The fraction of sp³-hybridized carbons (Fsp3) is 0.281. The van der Waals surface area contributed by atoms with Gasteiger partial charge in [0.25, 0.3) is 5.91 Å². The van der Waals surface area contributed by atoms with Crippen molar-refractivity contribution in [2.45, 2.75) is 37.9 Å². The summed E-state index contributed by atoms with van der Waals surface area (Å²) >= 11 is 0. The number of hydrogen-bond acceptors (Lipinski definition) is 5. The van der Waals surface area contributed by atoms with Gasteiger partial charge in [-0.2, -0.15) is 13.2 Å². The summed E-state index contributed by atoms with van der Waals surface area (Å²) in [6, 6.07) is 24.5. The number of nitrogens with two attached hydrogens (primary N) is 1. The smallest absolute Gasteiger partial charge is 0.481 e. The van der Waals surface area contributed by atoms with Gasteiger partial charge in [-0.05, 0) is 48.1 Å². The summed E-state index contributed by atoms with van der Waals surface area (Å²) < 4.78 is 31.7. The second kappa shape index (κ2) is 16.1. The lowest BCUT2D eigenvalue weighted by atomic mass is 9.95. The average molecular weight is 642 g/mol. The van der Waals surface area contributed by atoms with Gasteiger partial charge in [0.1, 0.15) is 6.54 Å². The van der Waals surface area contributed by atoms with Crippen molar-refractivity contribution in [2.75, 3.05) is 24.5 Å². The molecule has 0 radical (unpaired) electrons. The third-order valence-corrected chi connectivity index (χ3v) is 6.97. The Bertz CT molecular complexity index is 1500. The highest BCUT2D eigenvalue weighted by atomic mass is 19.4. The van der Waals surface area contributed by atoms with Crippen molar-refractivity contribution in [1.82, 2.24) is 10.2 Å². The fourth-order valence-electron chi connectivity index (χ4n) is 4.87. The molecule has 11 nitrogen and oxygen atoms in total. The van der Waals surface area contributed by atoms with Crippen LogP contribution in [0.4, 0.5) is 18.9 Å². The second-order valence-corrected chi connectivity index (χ2v) is 10.3. The summed E-state index contributed by atoms with van der Waals surface area (Å²) in [5.74, 6) is -4.50. The highest BCUT2D eigenvalue weighted by Crippen LogP contribution is 2.37. The number of unbranched alkanes of at least 4 members (excludes halogenated alkanes) is 1. The topological polar surface area (TPSA) is 177 Å². The molecule has 6 N–H and O–H groups in total. The van der Waals surface area contributed by atoms with Crippen LogP contribution < -0.4 is 16.0 Å². The summed E-state index contributed by atoms with van der Waals surface area (Å²) in [5, 5.41) is 26.4. The molecule has 1 aliphatic heterocycles. The lowest BCUT2D eigenvalue weighted by molar-refractivity contribution is -0.192. The molecule has 0 fully saturated rings. The molecule has 244 valence electrons. The zero-order valence-electron chi connectivity index (χ0n) is 24.7. The Balaban J connectivity index is 0.000000738. The molecule has 2 amide bonds. The first-order chi connectivity index (χ1) is 21.8. The van der Waals surface area contributed by atoms with Crippen molar-refractivity contribution in [3.05, 3.63) is 101 Å². The summed E-state index contributed by atoms with van der Waals surface area (Å²) in [7, 11) is 0. The average Bonchev–Trinajstić information content (AvgIpc) is 3.11. The SMILES string of the molecule is N=C(N)NCCCCc1ccc2c(c1)C(=O)N(CCC(=O)O)CC(=O)N2C(c1ccccc1)c1ccccc1.O=C(O)C(F)(F)F. The number of guanidine groups is 1. The molecule has 0 bridgehead atoms. The van der Waals surface area contributed by atoms with E-state index < -0.39 is 24.2 Å². The van der Waals surface area contributed by atoms with E-state index in [1.165, 1.54) is 4.90 Å². The van der Waals surface area contributed by atoms with E-state index in [-0.39, 0.29) is 37.3 Å². The normalized spacial score (nSPS) is 13.0. The third kappa shape index (κ3) is 9.81. The molecule has 4 rings (SSSR count). The molecule has 1 heterocycles. The minimum atomic E-state index is -5.08. The van der Waals surface area contributed by atoms with Gasteiger partial charge in [-0.15, -0.1) is 0 Å². The van der Waals surface area contributed by atoms with Crippen LogP contribution in [0.5, 0.6) is 0 Å². The first kappa shape index (κ1) is 35.1. The van der Waals surface area contributed by atoms with E-state index in [1.807, 2.05) is 78.9 Å². The van der Waals surface area contributed by atoms with Crippen LogP contribution >= 0.6 is 0 Å². The Kier molecular flexibility index (Phi) is 12.3. The van der Waals surface area contributed by atoms with Crippen molar-refractivity contribution < 1.29 is 42.6 Å². The summed E-state index contributed by atoms with van der Waals surface area (Å²) in [5.41, 5.74) is 8.96. The summed E-state index contributed by atoms with van der Waals surface area (Å²) in [4.78, 5) is 50.9. The minimum absolute atomic E-state index is 0.0600. The zero-order valence-corrected chi connectivity index (χ0v) is 24.7. The maximum absolute atomic E-state index is 13.9. The molecule has 0 spiro atoms. The molecule has 14 heteroatoms. The fourth-order valence-corrected chi connectivity index (χ4v) is 4.87. The molecular formula is C32H34F3N5O6. The van der Waals surface area contributed by atoms with E-state index in [0.29, 0.717) is 24.2 Å². The van der Waals surface area contributed by atoms with Gasteiger partial charge in [0.05, 0.1) is 23.7 Å². The van der Waals surface area contributed by atoms with E-state index in [1.54, 1.807) is 4.90 Å². The number of carbonyl (C=O) groups is 4. The molecule has 1 aliphatic rings. The molecule has 0 saturated heterocycles. The number of halogens is 3. The number of anilines is 1. The standard InChI is InChI=1S/C30H33N5O4.C2HF3O2/c31-30(32)33-17-8-7-9-21-14-15-25-24(19-21)29(39)34(18-16-27(37)38)20-26(36)35(25)28(22-10-3-1-4-11-22)23-12-5-2-6-13-23;3-2(4,5)1(6)7/h1-6,10-15,19,28H,7-9,16-18,20H2,(H,37,38)(H4,31,32,33);(H,6,7). The minimum Gasteiger partial charge on any atom is -0.481 e. The quantitative estimate of drug-likeness (QED) is 0.118. The number of amides is 2. The molecule has 3 aromatic carbocycles. The highest BCUT2D eigenvalue weighted by molar-refractivity contribution is 6.10. The number of carbonyl (C=O) groups excluding carboxylic acids is 2. The van der Waals surface area contributed by atoms with E-state index in [2.05, 4.69) is 5.32 Å². The van der Waals surface area contributed by atoms with Crippen LogP contribution in [0.1, 0.15) is 52.4 Å².